The molecule has 1 aliphatic rings. The monoisotopic (exact) mass is 1470 g/mol. The lowest BCUT2D eigenvalue weighted by molar-refractivity contribution is 0.00578. The van der Waals surface area contributed by atoms with Gasteiger partial charge in [-0.3, -0.25) is 0 Å². The standard InChI is InChI=1S/C45H25N3O3.C30H25BO4.C21H12ClN3O/c1-2-10-26(11-3-1)43-46-44(48-45(47-43)34-16-8-15-32-30-12-4-6-17-36(30)51-42(32)34)28-20-22-31-35-24-27(21-23-38(35)50-40(31)25-28)29-14-9-19-39-41(29)33-13-5-7-18-37(33)49-39;1-29(2)30(3,4)35-31(34-29)19-13-14-21-23-16-18(12-15-25(23)33-27(21)17-19)20-9-7-11-26-28(20)22-8-5-6-10-24(22)32-26;22-21-24-19(13-7-2-1-3-8-13)23-20(25-21)16-11-6-10-15-14-9-4-5-12-17(14)26-18(15)16/h1-25H;5-17H,1-4H3;1-12H. The van der Waals surface area contributed by atoms with Gasteiger partial charge in [0, 0.05) is 81.3 Å². The Bertz CT molecular complexity index is 7510. The highest BCUT2D eigenvalue weighted by atomic mass is 35.5. The summed E-state index contributed by atoms with van der Waals surface area (Å²) in [6, 6.07) is 102. The van der Waals surface area contributed by atoms with Crippen molar-refractivity contribution in [2.45, 2.75) is 38.9 Å². The van der Waals surface area contributed by atoms with Crippen LogP contribution in [0.1, 0.15) is 27.7 Å². The second-order valence-corrected chi connectivity index (χ2v) is 29.4. The third-order valence-corrected chi connectivity index (χ3v) is 21.9. The molecular formula is C96H62BClN6O8. The smallest absolute Gasteiger partial charge is 0.456 e. The van der Waals surface area contributed by atoms with Gasteiger partial charge in [0.05, 0.1) is 22.3 Å². The molecule has 8 aromatic heterocycles. The molecule has 0 spiro atoms. The molecule has 0 atom stereocenters. The van der Waals surface area contributed by atoms with Gasteiger partial charge in [0.15, 0.2) is 29.1 Å². The van der Waals surface area contributed by atoms with Gasteiger partial charge < -0.3 is 35.8 Å². The van der Waals surface area contributed by atoms with Crippen molar-refractivity contribution in [1.29, 1.82) is 0 Å². The fourth-order valence-electron chi connectivity index (χ4n) is 15.6. The van der Waals surface area contributed by atoms with Gasteiger partial charge in [-0.1, -0.05) is 212 Å². The zero-order valence-electron chi connectivity index (χ0n) is 60.8. The molecule has 16 heteroatoms. The molecule has 112 heavy (non-hydrogen) atoms. The molecule has 1 saturated heterocycles. The van der Waals surface area contributed by atoms with Crippen LogP contribution in [0.4, 0.5) is 0 Å². The molecule has 23 rings (SSSR count). The van der Waals surface area contributed by atoms with Gasteiger partial charge in [-0.25, -0.2) is 19.9 Å². The third kappa shape index (κ3) is 11.3. The molecule has 0 radical (unpaired) electrons. The first-order valence-corrected chi connectivity index (χ1v) is 37.4. The maximum absolute atomic E-state index is 6.46. The number of hydrogen-bond acceptors (Lipinski definition) is 14. The fraction of sp³-hybridized carbons (Fsp3) is 0.0625. The van der Waals surface area contributed by atoms with Crippen molar-refractivity contribution in [3.8, 4) is 79.2 Å². The fourth-order valence-corrected chi connectivity index (χ4v) is 15.7. The average molecular weight is 1470 g/mol. The van der Waals surface area contributed by atoms with E-state index in [0.717, 1.165) is 187 Å². The predicted molar refractivity (Wildman–Crippen MR) is 449 cm³/mol. The minimum Gasteiger partial charge on any atom is -0.456 e. The summed E-state index contributed by atoms with van der Waals surface area (Å²) in [4.78, 5) is 28.2. The van der Waals surface area contributed by atoms with Gasteiger partial charge in [0.25, 0.3) is 0 Å². The van der Waals surface area contributed by atoms with Crippen molar-refractivity contribution in [3.63, 3.8) is 0 Å². The van der Waals surface area contributed by atoms with Crippen LogP contribution in [0.3, 0.4) is 0 Å². The number of furan rings is 6. The lowest BCUT2D eigenvalue weighted by Crippen LogP contribution is -2.41. The third-order valence-electron chi connectivity index (χ3n) is 21.8. The van der Waals surface area contributed by atoms with E-state index in [1.807, 2.05) is 194 Å². The average Bonchev–Trinajstić information content (AvgIpc) is 1.59. The number of hydrogen-bond donors (Lipinski definition) is 0. The van der Waals surface area contributed by atoms with E-state index in [9.17, 15) is 0 Å². The van der Waals surface area contributed by atoms with E-state index in [-0.39, 0.29) is 16.5 Å². The molecule has 0 amide bonds. The molecule has 0 aliphatic carbocycles. The van der Waals surface area contributed by atoms with Gasteiger partial charge in [-0.05, 0) is 158 Å². The maximum atomic E-state index is 6.46. The lowest BCUT2D eigenvalue weighted by atomic mass is 9.79. The molecule has 534 valence electrons. The lowest BCUT2D eigenvalue weighted by Gasteiger charge is -2.32. The summed E-state index contributed by atoms with van der Waals surface area (Å²) in [5, 5.41) is 13.0. The first-order chi connectivity index (χ1) is 54.8. The Morgan fingerprint density at radius 2 is 0.589 bits per heavy atom. The molecule has 9 heterocycles. The minimum absolute atomic E-state index is 0.155. The molecule has 14 aromatic carbocycles. The largest absolute Gasteiger partial charge is 0.494 e. The molecular weight excluding hydrogens is 1410 g/mol. The van der Waals surface area contributed by atoms with Crippen LogP contribution in [0.2, 0.25) is 5.28 Å². The van der Waals surface area contributed by atoms with Crippen LogP contribution in [0.25, 0.3) is 211 Å². The van der Waals surface area contributed by atoms with Crippen molar-refractivity contribution in [2.75, 3.05) is 0 Å². The number of benzene rings is 14. The van der Waals surface area contributed by atoms with Crippen molar-refractivity contribution >= 4 is 156 Å². The topological polar surface area (TPSA) is 175 Å². The molecule has 0 saturated carbocycles. The van der Waals surface area contributed by atoms with Crippen LogP contribution < -0.4 is 5.46 Å². The highest BCUT2D eigenvalue weighted by Crippen LogP contribution is 2.45. The van der Waals surface area contributed by atoms with Gasteiger partial charge in [-0.2, -0.15) is 9.97 Å². The van der Waals surface area contributed by atoms with E-state index in [2.05, 4.69) is 152 Å². The highest BCUT2D eigenvalue weighted by Gasteiger charge is 2.52. The van der Waals surface area contributed by atoms with Gasteiger partial charge in [-0.15, -0.1) is 0 Å². The summed E-state index contributed by atoms with van der Waals surface area (Å²) in [7, 11) is -0.417. The Labute approximate surface area is 644 Å². The highest BCUT2D eigenvalue weighted by molar-refractivity contribution is 6.62. The number of rotatable bonds is 8. The summed E-state index contributed by atoms with van der Waals surface area (Å²) >= 11 is 6.19. The summed E-state index contributed by atoms with van der Waals surface area (Å²) in [6.45, 7) is 8.27. The summed E-state index contributed by atoms with van der Waals surface area (Å²) in [5.41, 5.74) is 18.9. The van der Waals surface area contributed by atoms with Crippen molar-refractivity contribution in [1.82, 2.24) is 29.9 Å². The van der Waals surface area contributed by atoms with E-state index in [1.165, 1.54) is 0 Å². The number of aromatic nitrogens is 6. The predicted octanol–water partition coefficient (Wildman–Crippen LogP) is 25.4. The number of halogens is 1. The molecule has 0 unspecified atom stereocenters. The molecule has 0 N–H and O–H groups in total. The summed E-state index contributed by atoms with van der Waals surface area (Å²) < 4.78 is 50.0. The Hall–Kier alpha value is -13.8. The molecule has 22 aromatic rings. The summed E-state index contributed by atoms with van der Waals surface area (Å²) in [5.74, 6) is 2.70. The maximum Gasteiger partial charge on any atom is 0.494 e. The molecule has 0 bridgehead atoms. The van der Waals surface area contributed by atoms with Crippen molar-refractivity contribution in [3.05, 3.63) is 309 Å². The SMILES string of the molecule is CC1(C)OB(c2ccc3c(c2)oc2ccc(-c4cccc5oc6ccccc6c45)cc23)OC1(C)C.Clc1nc(-c2ccccc2)nc(-c2cccc3c2oc2ccccc23)n1.c1ccc(-c2nc(-c3ccc4c(c3)oc3ccc(-c5cccc6oc7ccccc7c56)cc34)nc(-c3cccc4c3oc3ccccc34)n2)cc1. The normalized spacial score (nSPS) is 13.5. The van der Waals surface area contributed by atoms with Crippen LogP contribution in [0, 0.1) is 0 Å². The molecule has 1 fully saturated rings. The number of nitrogens with zero attached hydrogens (tertiary/aromatic N) is 6. The zero-order chi connectivity index (χ0) is 74.9. The quantitative estimate of drug-likeness (QED) is 0.131. The summed E-state index contributed by atoms with van der Waals surface area (Å²) in [6.07, 6.45) is 0. The van der Waals surface area contributed by atoms with E-state index in [1.54, 1.807) is 0 Å². The minimum atomic E-state index is -0.417. The first kappa shape index (κ1) is 66.4. The van der Waals surface area contributed by atoms with Crippen LogP contribution in [0.15, 0.2) is 330 Å². The van der Waals surface area contributed by atoms with Gasteiger partial charge in [0.1, 0.15) is 67.0 Å². The Balaban J connectivity index is 0.000000113. The van der Waals surface area contributed by atoms with Crippen LogP contribution in [-0.4, -0.2) is 48.2 Å². The van der Waals surface area contributed by atoms with Crippen LogP contribution >= 0.6 is 11.6 Å². The Morgan fingerprint density at radius 1 is 0.241 bits per heavy atom. The van der Waals surface area contributed by atoms with Crippen LogP contribution in [0.5, 0.6) is 0 Å². The van der Waals surface area contributed by atoms with Gasteiger partial charge >= 0.3 is 7.12 Å². The van der Waals surface area contributed by atoms with E-state index >= 15 is 0 Å². The molecule has 1 aliphatic heterocycles. The van der Waals surface area contributed by atoms with E-state index in [4.69, 9.17) is 62.4 Å². The second kappa shape index (κ2) is 26.2. The van der Waals surface area contributed by atoms with Gasteiger partial charge in [0.2, 0.25) is 5.28 Å². The zero-order valence-corrected chi connectivity index (χ0v) is 61.5. The number of fused-ring (bicyclic) bond motifs is 18. The van der Waals surface area contributed by atoms with Crippen molar-refractivity contribution < 1.29 is 35.8 Å². The van der Waals surface area contributed by atoms with Crippen LogP contribution in [-0.2, 0) is 9.31 Å². The van der Waals surface area contributed by atoms with Crippen molar-refractivity contribution in [2.24, 2.45) is 0 Å². The van der Waals surface area contributed by atoms with E-state index < -0.39 is 7.12 Å². The Morgan fingerprint density at radius 3 is 1.11 bits per heavy atom. The second-order valence-electron chi connectivity index (χ2n) is 29.1. The van der Waals surface area contributed by atoms with E-state index in [0.29, 0.717) is 29.1 Å². The first-order valence-electron chi connectivity index (χ1n) is 37.0. The Kier molecular flexibility index (Phi) is 15.5. The molecule has 14 nitrogen and oxygen atoms in total. The number of para-hydroxylation sites is 6.